The van der Waals surface area contributed by atoms with Gasteiger partial charge >= 0.3 is 0 Å². The van der Waals surface area contributed by atoms with E-state index in [1.165, 1.54) is 39.5 Å². The summed E-state index contributed by atoms with van der Waals surface area (Å²) in [4.78, 5) is 24.6. The molecule has 2 aromatic carbocycles. The van der Waals surface area contributed by atoms with Crippen molar-refractivity contribution in [2.45, 2.75) is 12.8 Å². The number of aryl methyl sites for hydroxylation is 1. The first-order chi connectivity index (χ1) is 15.5. The van der Waals surface area contributed by atoms with Gasteiger partial charge in [-0.2, -0.15) is 0 Å². The topological polar surface area (TPSA) is 99.0 Å². The number of ether oxygens (including phenoxy) is 3. The summed E-state index contributed by atoms with van der Waals surface area (Å²) < 4.78 is 35.1. The molecule has 0 unspecified atom stereocenters. The van der Waals surface area contributed by atoms with Crippen LogP contribution >= 0.6 is 0 Å². The Balaban J connectivity index is 1.55. The number of hydrogen-bond acceptors (Lipinski definition) is 6. The summed E-state index contributed by atoms with van der Waals surface area (Å²) in [5.41, 5.74) is 5.25. The van der Waals surface area contributed by atoms with Gasteiger partial charge in [0.15, 0.2) is 11.5 Å². The Hall–Kier alpha value is -4.01. The molecule has 8 nitrogen and oxygen atoms in total. The number of amides is 2. The third kappa shape index (κ3) is 5.18. The highest BCUT2D eigenvalue weighted by molar-refractivity contribution is 5.96. The van der Waals surface area contributed by atoms with Crippen LogP contribution in [0.5, 0.6) is 17.2 Å². The fraction of sp³-hybridized carbons (Fsp3) is 0.217. The largest absolute Gasteiger partial charge is 0.493 e. The molecule has 9 heteroatoms. The second-order valence-corrected chi connectivity index (χ2v) is 6.66. The predicted octanol–water partition coefficient (Wildman–Crippen LogP) is 3.51. The van der Waals surface area contributed by atoms with Gasteiger partial charge in [0.1, 0.15) is 17.3 Å². The zero-order valence-corrected chi connectivity index (χ0v) is 17.9. The van der Waals surface area contributed by atoms with Crippen molar-refractivity contribution in [2.24, 2.45) is 0 Å². The molecule has 0 bridgehead atoms. The molecule has 1 heterocycles. The van der Waals surface area contributed by atoms with Gasteiger partial charge in [0.05, 0.1) is 26.9 Å². The van der Waals surface area contributed by atoms with E-state index < -0.39 is 11.8 Å². The van der Waals surface area contributed by atoms with E-state index in [-0.39, 0.29) is 24.2 Å². The first-order valence-corrected chi connectivity index (χ1v) is 9.69. The fourth-order valence-corrected chi connectivity index (χ4v) is 3.03. The third-order valence-electron chi connectivity index (χ3n) is 4.64. The summed E-state index contributed by atoms with van der Waals surface area (Å²) >= 11 is 0. The van der Waals surface area contributed by atoms with Crippen LogP contribution in [0, 0.1) is 5.82 Å². The van der Waals surface area contributed by atoms with Gasteiger partial charge in [0, 0.05) is 18.4 Å². The van der Waals surface area contributed by atoms with Crippen LogP contribution in [0.4, 0.5) is 4.39 Å². The molecule has 0 saturated carbocycles. The maximum atomic E-state index is 13.9. The van der Waals surface area contributed by atoms with Crippen molar-refractivity contribution < 1.29 is 32.6 Å². The van der Waals surface area contributed by atoms with Crippen LogP contribution < -0.4 is 25.1 Å². The maximum Gasteiger partial charge on any atom is 0.269 e. The number of furan rings is 1. The fourth-order valence-electron chi connectivity index (χ4n) is 3.03. The number of nitrogens with one attached hydrogen (secondary N) is 2. The summed E-state index contributed by atoms with van der Waals surface area (Å²) in [5, 5.41) is 0. The molecule has 0 fully saturated rings. The van der Waals surface area contributed by atoms with E-state index in [0.29, 0.717) is 34.3 Å². The van der Waals surface area contributed by atoms with Crippen LogP contribution in [0.3, 0.4) is 0 Å². The molecule has 0 atom stereocenters. The average Bonchev–Trinajstić information content (AvgIpc) is 3.29. The second-order valence-electron chi connectivity index (χ2n) is 6.66. The summed E-state index contributed by atoms with van der Waals surface area (Å²) in [6.45, 7) is 0. The number of carbonyl (C=O) groups is 2. The average molecular weight is 442 g/mol. The zero-order chi connectivity index (χ0) is 23.1. The molecule has 0 aliphatic heterocycles. The van der Waals surface area contributed by atoms with Gasteiger partial charge in [0.25, 0.3) is 5.91 Å². The molecule has 1 aromatic heterocycles. The van der Waals surface area contributed by atoms with Crippen LogP contribution in [-0.4, -0.2) is 33.1 Å². The smallest absolute Gasteiger partial charge is 0.269 e. The molecule has 0 aliphatic carbocycles. The van der Waals surface area contributed by atoms with Crippen molar-refractivity contribution in [1.29, 1.82) is 0 Å². The number of methoxy groups -OCH3 is 3. The Morgan fingerprint density at radius 2 is 1.62 bits per heavy atom. The normalized spacial score (nSPS) is 10.4. The molecule has 32 heavy (non-hydrogen) atoms. The molecule has 0 radical (unpaired) electrons. The molecule has 168 valence electrons. The standard InChI is InChI=1S/C23H23FN2O6/c1-29-19-12-14(13-20(30-2)22(19)31-3)23(28)26-25-21(27)11-9-15-8-10-18(32-15)16-6-4-5-7-17(16)24/h4-8,10,12-13H,9,11H2,1-3H3,(H,25,27)(H,26,28). The minimum atomic E-state index is -0.558. The lowest BCUT2D eigenvalue weighted by atomic mass is 10.1. The number of carbonyl (C=O) groups excluding carboxylic acids is 2. The minimum Gasteiger partial charge on any atom is -0.493 e. The van der Waals surface area contributed by atoms with Gasteiger partial charge in [-0.25, -0.2) is 4.39 Å². The summed E-state index contributed by atoms with van der Waals surface area (Å²) in [6.07, 6.45) is 0.333. The molecular formula is C23H23FN2O6. The van der Waals surface area contributed by atoms with Gasteiger partial charge in [-0.05, 0) is 36.4 Å². The van der Waals surface area contributed by atoms with E-state index in [1.54, 1.807) is 30.3 Å². The Labute approximate surface area is 184 Å². The van der Waals surface area contributed by atoms with Crippen molar-refractivity contribution >= 4 is 11.8 Å². The van der Waals surface area contributed by atoms with Crippen LogP contribution in [0.15, 0.2) is 52.9 Å². The predicted molar refractivity (Wildman–Crippen MR) is 114 cm³/mol. The van der Waals surface area contributed by atoms with E-state index in [0.717, 1.165) is 0 Å². The van der Waals surface area contributed by atoms with E-state index in [9.17, 15) is 14.0 Å². The summed E-state index contributed by atoms with van der Waals surface area (Å²) in [6, 6.07) is 12.5. The van der Waals surface area contributed by atoms with E-state index in [1.807, 2.05) is 0 Å². The lowest BCUT2D eigenvalue weighted by Gasteiger charge is -2.14. The number of hydrogen-bond donors (Lipinski definition) is 2. The van der Waals surface area contributed by atoms with Gasteiger partial charge < -0.3 is 18.6 Å². The third-order valence-corrected chi connectivity index (χ3v) is 4.64. The summed E-state index contributed by atoms with van der Waals surface area (Å²) in [7, 11) is 4.33. The molecule has 0 aliphatic rings. The number of rotatable bonds is 8. The van der Waals surface area contributed by atoms with E-state index in [4.69, 9.17) is 18.6 Å². The molecule has 2 amide bonds. The van der Waals surface area contributed by atoms with Gasteiger partial charge in [0.2, 0.25) is 11.7 Å². The van der Waals surface area contributed by atoms with Crippen LogP contribution in [-0.2, 0) is 11.2 Å². The van der Waals surface area contributed by atoms with E-state index in [2.05, 4.69) is 10.9 Å². The van der Waals surface area contributed by atoms with Crippen molar-refractivity contribution in [2.75, 3.05) is 21.3 Å². The molecule has 0 spiro atoms. The van der Waals surface area contributed by atoms with Gasteiger partial charge in [-0.15, -0.1) is 0 Å². The Morgan fingerprint density at radius 3 is 2.25 bits per heavy atom. The van der Waals surface area contributed by atoms with E-state index >= 15 is 0 Å². The highest BCUT2D eigenvalue weighted by Gasteiger charge is 2.17. The quantitative estimate of drug-likeness (QED) is 0.518. The van der Waals surface area contributed by atoms with Crippen LogP contribution in [0.1, 0.15) is 22.5 Å². The maximum absolute atomic E-state index is 13.9. The Bertz CT molecular complexity index is 1090. The van der Waals surface area contributed by atoms with Crippen molar-refractivity contribution in [3.8, 4) is 28.6 Å². The Morgan fingerprint density at radius 1 is 0.938 bits per heavy atom. The lowest BCUT2D eigenvalue weighted by Crippen LogP contribution is -2.41. The molecule has 3 aromatic rings. The number of benzene rings is 2. The first kappa shape index (κ1) is 22.7. The second kappa shape index (κ2) is 10.3. The van der Waals surface area contributed by atoms with Crippen molar-refractivity contribution in [3.05, 3.63) is 65.7 Å². The zero-order valence-electron chi connectivity index (χ0n) is 17.9. The highest BCUT2D eigenvalue weighted by atomic mass is 19.1. The van der Waals surface area contributed by atoms with Crippen LogP contribution in [0.2, 0.25) is 0 Å². The molecular weight excluding hydrogens is 419 g/mol. The van der Waals surface area contributed by atoms with Crippen LogP contribution in [0.25, 0.3) is 11.3 Å². The van der Waals surface area contributed by atoms with Gasteiger partial charge in [-0.1, -0.05) is 12.1 Å². The summed E-state index contributed by atoms with van der Waals surface area (Å²) in [5.74, 6) is 0.513. The van der Waals surface area contributed by atoms with Crippen molar-refractivity contribution in [1.82, 2.24) is 10.9 Å². The number of halogens is 1. The lowest BCUT2D eigenvalue weighted by molar-refractivity contribution is -0.121. The first-order valence-electron chi connectivity index (χ1n) is 9.69. The molecule has 0 saturated heterocycles. The van der Waals surface area contributed by atoms with Gasteiger partial charge in [-0.3, -0.25) is 20.4 Å². The monoisotopic (exact) mass is 442 g/mol. The Kier molecular flexibility index (Phi) is 7.33. The number of hydrazine groups is 1. The molecule has 2 N–H and O–H groups in total. The van der Waals surface area contributed by atoms with Crippen molar-refractivity contribution in [3.63, 3.8) is 0 Å². The molecule has 3 rings (SSSR count). The minimum absolute atomic E-state index is 0.0553. The SMILES string of the molecule is COc1cc(C(=O)NNC(=O)CCc2ccc(-c3ccccc3F)o2)cc(OC)c1OC. The highest BCUT2D eigenvalue weighted by Crippen LogP contribution is 2.38.